The topological polar surface area (TPSA) is 36.3 Å². The van der Waals surface area contributed by atoms with Crippen LogP contribution in [-0.4, -0.2) is 65.7 Å². The summed E-state index contributed by atoms with van der Waals surface area (Å²) in [7, 11) is 4.19. The molecule has 1 saturated heterocycles. The first-order chi connectivity index (χ1) is 7.75. The van der Waals surface area contributed by atoms with Gasteiger partial charge in [0.2, 0.25) is 5.95 Å². The SMILES string of the molecule is CN1CCN(CCNc2nccn2C)CC1. The zero-order valence-electron chi connectivity index (χ0n) is 10.2. The van der Waals surface area contributed by atoms with Gasteiger partial charge in [-0.3, -0.25) is 4.90 Å². The molecule has 1 N–H and O–H groups in total. The van der Waals surface area contributed by atoms with E-state index in [4.69, 9.17) is 0 Å². The van der Waals surface area contributed by atoms with Crippen LogP contribution in [0.2, 0.25) is 0 Å². The Labute approximate surface area is 97.1 Å². The Hall–Kier alpha value is -1.07. The minimum atomic E-state index is 0.953. The molecule has 0 spiro atoms. The minimum absolute atomic E-state index is 0.953. The smallest absolute Gasteiger partial charge is 0.202 e. The van der Waals surface area contributed by atoms with Gasteiger partial charge in [0.15, 0.2) is 0 Å². The van der Waals surface area contributed by atoms with Crippen molar-refractivity contribution in [2.24, 2.45) is 7.05 Å². The Balaban J connectivity index is 1.67. The first-order valence-electron chi connectivity index (χ1n) is 5.88. The van der Waals surface area contributed by atoms with Gasteiger partial charge in [0.1, 0.15) is 0 Å². The van der Waals surface area contributed by atoms with Crippen LogP contribution in [0.5, 0.6) is 0 Å². The third-order valence-electron chi connectivity index (χ3n) is 3.13. The van der Waals surface area contributed by atoms with E-state index in [1.165, 1.54) is 26.2 Å². The molecule has 1 aliphatic heterocycles. The molecule has 2 heterocycles. The van der Waals surface area contributed by atoms with Gasteiger partial charge in [-0.1, -0.05) is 0 Å². The molecule has 1 aromatic heterocycles. The summed E-state index contributed by atoms with van der Waals surface area (Å²) in [6.45, 7) is 6.79. The maximum Gasteiger partial charge on any atom is 0.202 e. The number of nitrogens with zero attached hydrogens (tertiary/aromatic N) is 4. The number of nitrogens with one attached hydrogen (secondary N) is 1. The second kappa shape index (κ2) is 5.32. The van der Waals surface area contributed by atoms with E-state index in [-0.39, 0.29) is 0 Å². The number of imidazole rings is 1. The second-order valence-corrected chi connectivity index (χ2v) is 4.43. The number of rotatable bonds is 4. The molecule has 0 radical (unpaired) electrons. The lowest BCUT2D eigenvalue weighted by Gasteiger charge is -2.32. The van der Waals surface area contributed by atoms with Crippen LogP contribution in [0.1, 0.15) is 0 Å². The fourth-order valence-corrected chi connectivity index (χ4v) is 1.93. The van der Waals surface area contributed by atoms with E-state index in [2.05, 4.69) is 27.1 Å². The van der Waals surface area contributed by atoms with Gasteiger partial charge < -0.3 is 14.8 Å². The summed E-state index contributed by atoms with van der Waals surface area (Å²) >= 11 is 0. The average molecular weight is 223 g/mol. The molecule has 0 aliphatic carbocycles. The number of aryl methyl sites for hydroxylation is 1. The lowest BCUT2D eigenvalue weighted by atomic mass is 10.3. The highest BCUT2D eigenvalue weighted by Crippen LogP contribution is 2.01. The van der Waals surface area contributed by atoms with Crippen molar-refractivity contribution in [3.8, 4) is 0 Å². The zero-order chi connectivity index (χ0) is 11.4. The molecule has 0 saturated carbocycles. The lowest BCUT2D eigenvalue weighted by molar-refractivity contribution is 0.158. The molecular weight excluding hydrogens is 202 g/mol. The standard InChI is InChI=1S/C11H21N5/c1-14-7-9-16(10-8-14)6-4-13-11-12-3-5-15(11)2/h3,5H,4,6-10H2,1-2H3,(H,12,13). The van der Waals surface area contributed by atoms with E-state index in [1.54, 1.807) is 0 Å². The van der Waals surface area contributed by atoms with Gasteiger partial charge in [-0.2, -0.15) is 0 Å². The quantitative estimate of drug-likeness (QED) is 0.784. The molecule has 1 aromatic rings. The van der Waals surface area contributed by atoms with Crippen LogP contribution in [0, 0.1) is 0 Å². The number of likely N-dealkylation sites (N-methyl/N-ethyl adjacent to an activating group) is 1. The van der Waals surface area contributed by atoms with Gasteiger partial charge in [0, 0.05) is 58.7 Å². The van der Waals surface area contributed by atoms with Crippen molar-refractivity contribution in [3.05, 3.63) is 12.4 Å². The van der Waals surface area contributed by atoms with Crippen molar-refractivity contribution in [3.63, 3.8) is 0 Å². The number of anilines is 1. The van der Waals surface area contributed by atoms with E-state index >= 15 is 0 Å². The molecule has 1 aliphatic rings. The van der Waals surface area contributed by atoms with Crippen LogP contribution in [0.15, 0.2) is 12.4 Å². The molecule has 0 unspecified atom stereocenters. The number of aromatic nitrogens is 2. The van der Waals surface area contributed by atoms with Crippen molar-refractivity contribution in [1.29, 1.82) is 0 Å². The summed E-state index contributed by atoms with van der Waals surface area (Å²) in [6.07, 6.45) is 3.77. The molecule has 5 heteroatoms. The highest BCUT2D eigenvalue weighted by Gasteiger charge is 2.12. The van der Waals surface area contributed by atoms with Crippen molar-refractivity contribution in [1.82, 2.24) is 19.4 Å². The Kier molecular flexibility index (Phi) is 3.79. The van der Waals surface area contributed by atoms with Crippen molar-refractivity contribution in [2.75, 3.05) is 51.6 Å². The Bertz CT molecular complexity index is 314. The summed E-state index contributed by atoms with van der Waals surface area (Å²) in [5.74, 6) is 0.953. The van der Waals surface area contributed by atoms with Crippen molar-refractivity contribution >= 4 is 5.95 Å². The number of hydrogen-bond donors (Lipinski definition) is 1. The normalized spacial score (nSPS) is 18.9. The minimum Gasteiger partial charge on any atom is -0.354 e. The van der Waals surface area contributed by atoms with E-state index in [0.29, 0.717) is 0 Å². The second-order valence-electron chi connectivity index (χ2n) is 4.43. The highest BCUT2D eigenvalue weighted by atomic mass is 15.3. The molecule has 1 fully saturated rings. The van der Waals surface area contributed by atoms with Gasteiger partial charge in [-0.05, 0) is 7.05 Å². The van der Waals surface area contributed by atoms with Gasteiger partial charge in [-0.25, -0.2) is 4.98 Å². The van der Waals surface area contributed by atoms with Crippen LogP contribution >= 0.6 is 0 Å². The summed E-state index contributed by atoms with van der Waals surface area (Å²) in [5, 5.41) is 3.35. The maximum atomic E-state index is 4.24. The third kappa shape index (κ3) is 2.96. The van der Waals surface area contributed by atoms with E-state index in [9.17, 15) is 0 Å². The summed E-state index contributed by atoms with van der Waals surface area (Å²) < 4.78 is 2.00. The largest absolute Gasteiger partial charge is 0.354 e. The predicted molar refractivity (Wildman–Crippen MR) is 65.6 cm³/mol. The maximum absolute atomic E-state index is 4.24. The molecule has 16 heavy (non-hydrogen) atoms. The molecule has 0 aromatic carbocycles. The fourth-order valence-electron chi connectivity index (χ4n) is 1.93. The Morgan fingerprint density at radius 3 is 2.62 bits per heavy atom. The molecule has 0 amide bonds. The monoisotopic (exact) mass is 223 g/mol. The number of hydrogen-bond acceptors (Lipinski definition) is 4. The first kappa shape index (κ1) is 11.4. The van der Waals surface area contributed by atoms with E-state index in [0.717, 1.165) is 19.0 Å². The van der Waals surface area contributed by atoms with Crippen LogP contribution < -0.4 is 5.32 Å². The fraction of sp³-hybridized carbons (Fsp3) is 0.727. The first-order valence-corrected chi connectivity index (χ1v) is 5.88. The highest BCUT2D eigenvalue weighted by molar-refractivity contribution is 5.24. The van der Waals surface area contributed by atoms with Crippen LogP contribution in [-0.2, 0) is 7.05 Å². The van der Waals surface area contributed by atoms with Gasteiger partial charge >= 0.3 is 0 Å². The zero-order valence-corrected chi connectivity index (χ0v) is 10.2. The van der Waals surface area contributed by atoms with E-state index < -0.39 is 0 Å². The van der Waals surface area contributed by atoms with Crippen LogP contribution in [0.3, 0.4) is 0 Å². The molecule has 0 bridgehead atoms. The van der Waals surface area contributed by atoms with Crippen LogP contribution in [0.4, 0.5) is 5.95 Å². The molecule has 0 atom stereocenters. The Morgan fingerprint density at radius 2 is 2.00 bits per heavy atom. The third-order valence-corrected chi connectivity index (χ3v) is 3.13. The summed E-state index contributed by atoms with van der Waals surface area (Å²) in [6, 6.07) is 0. The van der Waals surface area contributed by atoms with Crippen molar-refractivity contribution in [2.45, 2.75) is 0 Å². The number of piperazine rings is 1. The molecule has 5 nitrogen and oxygen atoms in total. The summed E-state index contributed by atoms with van der Waals surface area (Å²) in [4.78, 5) is 9.11. The summed E-state index contributed by atoms with van der Waals surface area (Å²) in [5.41, 5.74) is 0. The molecule has 90 valence electrons. The lowest BCUT2D eigenvalue weighted by Crippen LogP contribution is -2.45. The van der Waals surface area contributed by atoms with Gasteiger partial charge in [0.05, 0.1) is 0 Å². The van der Waals surface area contributed by atoms with E-state index in [1.807, 2.05) is 24.0 Å². The molecular formula is C11H21N5. The van der Waals surface area contributed by atoms with Gasteiger partial charge in [-0.15, -0.1) is 0 Å². The molecule has 2 rings (SSSR count). The predicted octanol–water partition coefficient (Wildman–Crippen LogP) is 0.0794. The van der Waals surface area contributed by atoms with Gasteiger partial charge in [0.25, 0.3) is 0 Å². The Morgan fingerprint density at radius 1 is 1.25 bits per heavy atom. The van der Waals surface area contributed by atoms with Crippen molar-refractivity contribution < 1.29 is 0 Å². The van der Waals surface area contributed by atoms with Crippen LogP contribution in [0.25, 0.3) is 0 Å². The average Bonchev–Trinajstić information content (AvgIpc) is 2.68.